The average Bonchev–Trinajstić information content (AvgIpc) is 3.37. The van der Waals surface area contributed by atoms with Crippen LogP contribution in [0.3, 0.4) is 0 Å². The largest absolute Gasteiger partial charge is 0.479 e. The number of aliphatic carboxylic acids is 2. The number of anilines is 1. The van der Waals surface area contributed by atoms with E-state index in [2.05, 4.69) is 38.0 Å². The van der Waals surface area contributed by atoms with Gasteiger partial charge in [-0.05, 0) is 11.6 Å². The van der Waals surface area contributed by atoms with E-state index in [0.29, 0.717) is 6.29 Å². The standard InChI is InChI=1S/C21H18N8O10S3/c22-21-23-8(6-42-21)11(27-39-4-10(31)32)15(33)24-12-17(35)29-13(20(37)38)7(5-41-19(12)29)3-9(40)14-25-26-16(34)18(36)28(14)1-2-30/h2-3,6,12,19,40H,1,4-5H2,(H2,22,23)(H,24,33)(H,26,34)(H,31,32)(H,37,38). The van der Waals surface area contributed by atoms with Crippen molar-refractivity contribution < 1.29 is 39.0 Å². The molecule has 2 aliphatic rings. The first-order chi connectivity index (χ1) is 19.9. The molecule has 2 aromatic rings. The second-order valence-electron chi connectivity index (χ2n) is 8.21. The lowest BCUT2D eigenvalue weighted by Crippen LogP contribution is -2.71. The minimum Gasteiger partial charge on any atom is -0.479 e. The normalized spacial score (nSPS) is 18.7. The van der Waals surface area contributed by atoms with E-state index in [-0.39, 0.29) is 32.9 Å². The molecule has 0 bridgehead atoms. The maximum absolute atomic E-state index is 13.1. The zero-order valence-electron chi connectivity index (χ0n) is 20.7. The highest BCUT2D eigenvalue weighted by Gasteiger charge is 2.54. The van der Waals surface area contributed by atoms with Crippen LogP contribution in [-0.2, 0) is 35.4 Å². The number of β-lactam (4-membered cyclic amide) rings is 1. The van der Waals surface area contributed by atoms with Gasteiger partial charge < -0.3 is 30.9 Å². The number of carbonyl (C=O) groups excluding carboxylic acids is 3. The van der Waals surface area contributed by atoms with Crippen molar-refractivity contribution in [2.75, 3.05) is 18.1 Å². The van der Waals surface area contributed by atoms with Crippen molar-refractivity contribution in [2.24, 2.45) is 5.16 Å². The molecule has 2 atom stereocenters. The minimum absolute atomic E-state index is 0.000927. The van der Waals surface area contributed by atoms with E-state index in [0.717, 1.165) is 32.6 Å². The third-order valence-corrected chi connectivity index (χ3v) is 7.87. The zero-order chi connectivity index (χ0) is 30.7. The third-order valence-electron chi connectivity index (χ3n) is 5.57. The summed E-state index contributed by atoms with van der Waals surface area (Å²) in [6.45, 7) is -1.38. The summed E-state index contributed by atoms with van der Waals surface area (Å²) in [5.41, 5.74) is 2.61. The quantitative estimate of drug-likeness (QED) is 0.0377. The number of nitrogens with zero attached hydrogens (tertiary/aromatic N) is 5. The van der Waals surface area contributed by atoms with Crippen LogP contribution >= 0.6 is 35.7 Å². The van der Waals surface area contributed by atoms with E-state index in [1.807, 2.05) is 5.10 Å². The molecule has 21 heteroatoms. The number of rotatable bonds is 11. The fourth-order valence-corrected chi connectivity index (χ4v) is 6.00. The van der Waals surface area contributed by atoms with Crippen LogP contribution in [0.4, 0.5) is 5.13 Å². The highest BCUT2D eigenvalue weighted by atomic mass is 32.2. The van der Waals surface area contributed by atoms with Gasteiger partial charge in [-0.3, -0.25) is 28.6 Å². The number of aldehydes is 1. The first-order valence-corrected chi connectivity index (χ1v) is 13.7. The number of carboxylic acids is 2. The lowest BCUT2D eigenvalue weighted by atomic mass is 10.0. The molecule has 0 saturated carbocycles. The highest BCUT2D eigenvalue weighted by molar-refractivity contribution is 8.00. The topological polar surface area (TPSA) is 269 Å². The van der Waals surface area contributed by atoms with Crippen molar-refractivity contribution in [3.63, 3.8) is 0 Å². The number of allylic oxidation sites excluding steroid dienone is 1. The zero-order valence-corrected chi connectivity index (χ0v) is 23.3. The number of nitrogen functional groups attached to an aromatic ring is 1. The molecule has 18 nitrogen and oxygen atoms in total. The van der Waals surface area contributed by atoms with Gasteiger partial charge in [0.2, 0.25) is 6.61 Å². The molecule has 0 aliphatic carbocycles. The molecule has 2 amide bonds. The number of amides is 2. The van der Waals surface area contributed by atoms with Gasteiger partial charge in [0.1, 0.15) is 29.1 Å². The molecule has 220 valence electrons. The van der Waals surface area contributed by atoms with Crippen molar-refractivity contribution in [2.45, 2.75) is 18.0 Å². The smallest absolute Gasteiger partial charge is 0.352 e. The lowest BCUT2D eigenvalue weighted by Gasteiger charge is -2.49. The van der Waals surface area contributed by atoms with Gasteiger partial charge in [-0.15, -0.1) is 35.7 Å². The summed E-state index contributed by atoms with van der Waals surface area (Å²) < 4.78 is 0.750. The number of hydrogen-bond donors (Lipinski definition) is 6. The average molecular weight is 639 g/mol. The van der Waals surface area contributed by atoms with Gasteiger partial charge in [-0.1, -0.05) is 5.16 Å². The van der Waals surface area contributed by atoms with E-state index >= 15 is 0 Å². The van der Waals surface area contributed by atoms with Crippen molar-refractivity contribution >= 4 is 81.5 Å². The van der Waals surface area contributed by atoms with Crippen LogP contribution in [0.2, 0.25) is 0 Å². The number of oxime groups is 1. The van der Waals surface area contributed by atoms with Gasteiger partial charge in [-0.25, -0.2) is 19.7 Å². The summed E-state index contributed by atoms with van der Waals surface area (Å²) in [7, 11) is 0. The Labute approximate surface area is 246 Å². The van der Waals surface area contributed by atoms with Crippen LogP contribution in [0.15, 0.2) is 37.5 Å². The third kappa shape index (κ3) is 5.96. The van der Waals surface area contributed by atoms with Crippen molar-refractivity contribution in [1.29, 1.82) is 0 Å². The Morgan fingerprint density at radius 3 is 2.67 bits per heavy atom. The summed E-state index contributed by atoms with van der Waals surface area (Å²) in [5, 5.41) is 31.0. The van der Waals surface area contributed by atoms with Gasteiger partial charge >= 0.3 is 23.1 Å². The minimum atomic E-state index is -1.48. The SMILES string of the molecule is Nc1nc(C(=NOCC(=O)O)C(=O)NC2C(=O)N3C(C(=O)O)=C(C=C(S)c4n[nH]c(=O)c(=O)n4CC=O)CSC23)cs1. The molecular formula is C21H18N8O10S3. The number of aromatic nitrogens is 4. The summed E-state index contributed by atoms with van der Waals surface area (Å²) in [4.78, 5) is 93.3. The summed E-state index contributed by atoms with van der Waals surface area (Å²) >= 11 is 6.33. The molecule has 4 heterocycles. The number of carboxylic acid groups (broad SMARTS) is 2. The fraction of sp³-hybridized carbons (Fsp3) is 0.238. The van der Waals surface area contributed by atoms with Crippen LogP contribution < -0.4 is 22.2 Å². The molecule has 6 N–H and O–H groups in total. The van der Waals surface area contributed by atoms with Crippen LogP contribution in [0.5, 0.6) is 0 Å². The Hall–Kier alpha value is -4.76. The van der Waals surface area contributed by atoms with Crippen LogP contribution in [0, 0.1) is 0 Å². The number of fused-ring (bicyclic) bond motifs is 1. The van der Waals surface area contributed by atoms with Gasteiger partial charge in [0, 0.05) is 16.0 Å². The molecule has 4 rings (SSSR count). The molecule has 0 spiro atoms. The number of thiazole rings is 1. The maximum Gasteiger partial charge on any atom is 0.352 e. The molecule has 42 heavy (non-hydrogen) atoms. The molecule has 0 radical (unpaired) electrons. The van der Waals surface area contributed by atoms with Crippen molar-refractivity contribution in [3.05, 3.63) is 55.0 Å². The second-order valence-corrected chi connectivity index (χ2v) is 10.7. The Kier molecular flexibility index (Phi) is 8.92. The predicted molar refractivity (Wildman–Crippen MR) is 148 cm³/mol. The Morgan fingerprint density at radius 1 is 1.31 bits per heavy atom. The number of thiol groups is 1. The van der Waals surface area contributed by atoms with E-state index < -0.39 is 70.8 Å². The Balaban J connectivity index is 1.61. The van der Waals surface area contributed by atoms with E-state index in [1.54, 1.807) is 0 Å². The monoisotopic (exact) mass is 638 g/mol. The molecule has 0 aromatic carbocycles. The first-order valence-electron chi connectivity index (χ1n) is 11.3. The van der Waals surface area contributed by atoms with E-state index in [1.165, 1.54) is 11.5 Å². The number of H-pyrrole nitrogens is 1. The highest BCUT2D eigenvalue weighted by Crippen LogP contribution is 2.41. The van der Waals surface area contributed by atoms with Gasteiger partial charge in [0.25, 0.3) is 11.8 Å². The summed E-state index contributed by atoms with van der Waals surface area (Å²) in [6, 6.07) is -1.20. The van der Waals surface area contributed by atoms with Crippen LogP contribution in [0.25, 0.3) is 4.91 Å². The second kappa shape index (κ2) is 12.4. The van der Waals surface area contributed by atoms with E-state index in [9.17, 15) is 38.7 Å². The van der Waals surface area contributed by atoms with Crippen molar-refractivity contribution in [1.82, 2.24) is 30.0 Å². The number of nitrogens with two attached hydrogens (primary N) is 1. The molecule has 1 fully saturated rings. The number of aromatic amines is 1. The van der Waals surface area contributed by atoms with Crippen LogP contribution in [-0.4, -0.2) is 94.4 Å². The van der Waals surface area contributed by atoms with Gasteiger partial charge in [0.05, 0.1) is 6.54 Å². The number of carbonyl (C=O) groups is 5. The number of thioether (sulfide) groups is 1. The lowest BCUT2D eigenvalue weighted by molar-refractivity contribution is -0.150. The number of hydrogen-bond acceptors (Lipinski definition) is 15. The van der Waals surface area contributed by atoms with Gasteiger partial charge in [-0.2, -0.15) is 5.10 Å². The molecule has 2 aliphatic heterocycles. The fourth-order valence-electron chi connectivity index (χ4n) is 3.82. The first kappa shape index (κ1) is 30.2. The molecular weight excluding hydrogens is 620 g/mol. The Morgan fingerprint density at radius 2 is 2.05 bits per heavy atom. The predicted octanol–water partition coefficient (Wildman–Crippen LogP) is -2.32. The molecule has 1 saturated heterocycles. The Bertz CT molecular complexity index is 1710. The number of nitrogens with one attached hydrogen (secondary N) is 2. The summed E-state index contributed by atoms with van der Waals surface area (Å²) in [6.07, 6.45) is 1.59. The van der Waals surface area contributed by atoms with Gasteiger partial charge in [0.15, 0.2) is 16.7 Å². The van der Waals surface area contributed by atoms with Crippen molar-refractivity contribution in [3.8, 4) is 0 Å². The summed E-state index contributed by atoms with van der Waals surface area (Å²) in [5.74, 6) is -4.80. The maximum atomic E-state index is 13.1. The van der Waals surface area contributed by atoms with E-state index in [4.69, 9.17) is 10.8 Å². The molecule has 2 unspecified atom stereocenters. The van der Waals surface area contributed by atoms with Crippen LogP contribution in [0.1, 0.15) is 11.5 Å². The molecule has 2 aromatic heterocycles.